The Kier molecular flexibility index (Phi) is 5.92. The van der Waals surface area contributed by atoms with E-state index in [9.17, 15) is 27.6 Å². The second-order valence-corrected chi connectivity index (χ2v) is 7.12. The number of hydrogen-bond acceptors (Lipinski definition) is 4. The molecule has 0 aromatic heterocycles. The molecular formula is C21H20F3N3O4. The number of imide groups is 1. The van der Waals surface area contributed by atoms with Crippen molar-refractivity contribution in [3.63, 3.8) is 0 Å². The van der Waals surface area contributed by atoms with Crippen LogP contribution in [0.4, 0.5) is 23.7 Å². The van der Waals surface area contributed by atoms with Crippen LogP contribution in [-0.4, -0.2) is 35.7 Å². The van der Waals surface area contributed by atoms with E-state index in [1.165, 1.54) is 19.1 Å². The number of halogens is 3. The quantitative estimate of drug-likeness (QED) is 0.680. The number of aryl methyl sites for hydroxylation is 1. The summed E-state index contributed by atoms with van der Waals surface area (Å²) in [6.45, 7) is 2.90. The van der Waals surface area contributed by atoms with E-state index >= 15 is 0 Å². The van der Waals surface area contributed by atoms with E-state index in [2.05, 4.69) is 15.4 Å². The summed E-state index contributed by atoms with van der Waals surface area (Å²) >= 11 is 0. The number of hydrogen-bond donors (Lipinski definition) is 2. The van der Waals surface area contributed by atoms with Crippen LogP contribution in [0.1, 0.15) is 25.0 Å². The average molecular weight is 435 g/mol. The Labute approximate surface area is 176 Å². The lowest BCUT2D eigenvalue weighted by Gasteiger charge is -2.22. The van der Waals surface area contributed by atoms with Crippen LogP contribution in [-0.2, 0) is 21.5 Å². The van der Waals surface area contributed by atoms with Crippen molar-refractivity contribution in [1.29, 1.82) is 0 Å². The predicted octanol–water partition coefficient (Wildman–Crippen LogP) is 3.55. The topological polar surface area (TPSA) is 87.7 Å². The van der Waals surface area contributed by atoms with Crippen molar-refractivity contribution in [3.8, 4) is 5.75 Å². The zero-order valence-corrected chi connectivity index (χ0v) is 16.7. The lowest BCUT2D eigenvalue weighted by Crippen LogP contribution is -2.42. The van der Waals surface area contributed by atoms with Crippen molar-refractivity contribution >= 4 is 23.5 Å². The number of ether oxygens (including phenoxy) is 1. The number of anilines is 1. The van der Waals surface area contributed by atoms with Gasteiger partial charge in [0, 0.05) is 5.69 Å². The van der Waals surface area contributed by atoms with E-state index in [0.717, 1.165) is 29.0 Å². The Morgan fingerprint density at radius 2 is 1.71 bits per heavy atom. The van der Waals surface area contributed by atoms with Crippen molar-refractivity contribution in [2.45, 2.75) is 32.2 Å². The molecule has 1 saturated heterocycles. The summed E-state index contributed by atoms with van der Waals surface area (Å²) in [6.07, 6.45) is -4.00. The van der Waals surface area contributed by atoms with Crippen molar-refractivity contribution < 1.29 is 32.3 Å². The van der Waals surface area contributed by atoms with E-state index in [1.807, 2.05) is 19.1 Å². The summed E-state index contributed by atoms with van der Waals surface area (Å²) < 4.78 is 40.8. The summed E-state index contributed by atoms with van der Waals surface area (Å²) in [6, 6.07) is 11.0. The SMILES string of the molecule is CCc1ccc(NC(=O)CN2C(=O)NC(C)(c3ccc(OC(F)(F)F)cc3)C2=O)cc1. The first-order valence-electron chi connectivity index (χ1n) is 9.41. The van der Waals surface area contributed by atoms with Gasteiger partial charge in [0.25, 0.3) is 5.91 Å². The third kappa shape index (κ3) is 4.96. The van der Waals surface area contributed by atoms with E-state index in [1.54, 1.807) is 12.1 Å². The van der Waals surface area contributed by atoms with Crippen LogP contribution in [0.3, 0.4) is 0 Å². The molecular weight excluding hydrogens is 415 g/mol. The standard InChI is InChI=1S/C21H20F3N3O4/c1-3-13-4-8-15(9-5-13)25-17(28)12-27-18(29)20(2,26-19(27)30)14-6-10-16(11-7-14)31-21(22,23)24/h4-11H,3,12H2,1-2H3,(H,25,28)(H,26,30). The maximum atomic E-state index is 12.9. The number of carbonyl (C=O) groups excluding carboxylic acids is 3. The molecule has 10 heteroatoms. The summed E-state index contributed by atoms with van der Waals surface area (Å²) in [4.78, 5) is 38.3. The first-order chi connectivity index (χ1) is 14.5. The van der Waals surface area contributed by atoms with Crippen molar-refractivity contribution in [2.24, 2.45) is 0 Å². The largest absolute Gasteiger partial charge is 0.573 e. The van der Waals surface area contributed by atoms with Crippen LogP contribution in [0, 0.1) is 0 Å². The minimum atomic E-state index is -4.84. The number of carbonyl (C=O) groups is 3. The van der Waals surface area contributed by atoms with E-state index in [0.29, 0.717) is 5.69 Å². The van der Waals surface area contributed by atoms with Gasteiger partial charge >= 0.3 is 12.4 Å². The van der Waals surface area contributed by atoms with Gasteiger partial charge in [-0.25, -0.2) is 4.79 Å². The monoisotopic (exact) mass is 435 g/mol. The molecule has 0 saturated carbocycles. The number of rotatable bonds is 6. The lowest BCUT2D eigenvalue weighted by atomic mass is 9.92. The summed E-state index contributed by atoms with van der Waals surface area (Å²) in [5, 5.41) is 5.11. The van der Waals surface area contributed by atoms with Gasteiger partial charge in [0.05, 0.1) is 0 Å². The summed E-state index contributed by atoms with van der Waals surface area (Å²) in [5.41, 5.74) is 0.335. The number of benzene rings is 2. The zero-order chi connectivity index (χ0) is 22.8. The summed E-state index contributed by atoms with van der Waals surface area (Å²) in [7, 11) is 0. The highest BCUT2D eigenvalue weighted by Gasteiger charge is 2.49. The highest BCUT2D eigenvalue weighted by Crippen LogP contribution is 2.31. The Hall–Kier alpha value is -3.56. The minimum absolute atomic E-state index is 0.249. The molecule has 3 rings (SSSR count). The Bertz CT molecular complexity index is 990. The number of nitrogens with one attached hydrogen (secondary N) is 2. The molecule has 1 aliphatic rings. The van der Waals surface area contributed by atoms with Crippen LogP contribution < -0.4 is 15.4 Å². The third-order valence-electron chi connectivity index (χ3n) is 4.89. The van der Waals surface area contributed by atoms with Gasteiger partial charge in [0.15, 0.2) is 0 Å². The molecule has 7 nitrogen and oxygen atoms in total. The molecule has 1 aliphatic heterocycles. The molecule has 0 spiro atoms. The maximum Gasteiger partial charge on any atom is 0.573 e. The van der Waals surface area contributed by atoms with E-state index in [-0.39, 0.29) is 5.56 Å². The number of urea groups is 1. The van der Waals surface area contributed by atoms with Crippen LogP contribution in [0.2, 0.25) is 0 Å². The van der Waals surface area contributed by atoms with Gasteiger partial charge in [-0.1, -0.05) is 31.2 Å². The molecule has 0 aliphatic carbocycles. The zero-order valence-electron chi connectivity index (χ0n) is 16.7. The van der Waals surface area contributed by atoms with Gasteiger partial charge in [-0.05, 0) is 48.7 Å². The minimum Gasteiger partial charge on any atom is -0.406 e. The molecule has 164 valence electrons. The lowest BCUT2D eigenvalue weighted by molar-refractivity contribution is -0.274. The number of nitrogens with zero attached hydrogens (tertiary/aromatic N) is 1. The third-order valence-corrected chi connectivity index (χ3v) is 4.89. The molecule has 0 radical (unpaired) electrons. The Morgan fingerprint density at radius 1 is 1.10 bits per heavy atom. The Morgan fingerprint density at radius 3 is 2.26 bits per heavy atom. The second kappa shape index (κ2) is 8.29. The maximum absolute atomic E-state index is 12.9. The molecule has 1 fully saturated rings. The molecule has 1 unspecified atom stereocenters. The number of amides is 4. The highest BCUT2D eigenvalue weighted by atomic mass is 19.4. The highest BCUT2D eigenvalue weighted by molar-refractivity contribution is 6.10. The van der Waals surface area contributed by atoms with Crippen molar-refractivity contribution in [2.75, 3.05) is 11.9 Å². The Balaban J connectivity index is 1.69. The molecule has 31 heavy (non-hydrogen) atoms. The van der Waals surface area contributed by atoms with Crippen molar-refractivity contribution in [1.82, 2.24) is 10.2 Å². The van der Waals surface area contributed by atoms with Crippen LogP contribution in [0.25, 0.3) is 0 Å². The van der Waals surface area contributed by atoms with Crippen molar-refractivity contribution in [3.05, 3.63) is 59.7 Å². The van der Waals surface area contributed by atoms with Gasteiger partial charge in [-0.15, -0.1) is 13.2 Å². The molecule has 1 atom stereocenters. The fraction of sp³-hybridized carbons (Fsp3) is 0.286. The second-order valence-electron chi connectivity index (χ2n) is 7.12. The fourth-order valence-corrected chi connectivity index (χ4v) is 3.19. The molecule has 2 aromatic rings. The van der Waals surface area contributed by atoms with Gasteiger partial charge in [0.1, 0.15) is 17.8 Å². The van der Waals surface area contributed by atoms with Gasteiger partial charge in [0.2, 0.25) is 5.91 Å². The molecule has 1 heterocycles. The normalized spacial score (nSPS) is 18.7. The molecule has 2 N–H and O–H groups in total. The first-order valence-corrected chi connectivity index (χ1v) is 9.41. The first kappa shape index (κ1) is 22.1. The fourth-order valence-electron chi connectivity index (χ4n) is 3.19. The van der Waals surface area contributed by atoms with Crippen LogP contribution in [0.15, 0.2) is 48.5 Å². The van der Waals surface area contributed by atoms with Gasteiger partial charge in [-0.2, -0.15) is 0 Å². The van der Waals surface area contributed by atoms with Gasteiger partial charge in [-0.3, -0.25) is 14.5 Å². The summed E-state index contributed by atoms with van der Waals surface area (Å²) in [5.74, 6) is -1.72. The van der Waals surface area contributed by atoms with E-state index in [4.69, 9.17) is 0 Å². The van der Waals surface area contributed by atoms with Crippen LogP contribution >= 0.6 is 0 Å². The molecule has 4 amide bonds. The molecule has 0 bridgehead atoms. The smallest absolute Gasteiger partial charge is 0.406 e. The predicted molar refractivity (Wildman–Crippen MR) is 105 cm³/mol. The molecule has 2 aromatic carbocycles. The van der Waals surface area contributed by atoms with Crippen LogP contribution in [0.5, 0.6) is 5.75 Å². The average Bonchev–Trinajstić information content (AvgIpc) is 2.92. The van der Waals surface area contributed by atoms with E-state index < -0.39 is 42.0 Å². The van der Waals surface area contributed by atoms with Gasteiger partial charge < -0.3 is 15.4 Å². The number of alkyl halides is 3.